The number of hydrogen-bond donors (Lipinski definition) is 2. The summed E-state index contributed by atoms with van der Waals surface area (Å²) in [7, 11) is 0. The van der Waals surface area contributed by atoms with Crippen LogP contribution in [0.25, 0.3) is 11.1 Å². The van der Waals surface area contributed by atoms with Gasteiger partial charge in [-0.15, -0.1) is 0 Å². The number of aryl methyl sites for hydroxylation is 1. The Labute approximate surface area is 171 Å². The summed E-state index contributed by atoms with van der Waals surface area (Å²) < 4.78 is 19.8. The molecule has 0 heterocycles. The van der Waals surface area contributed by atoms with Crippen molar-refractivity contribution in [3.05, 3.63) is 53.8 Å². The van der Waals surface area contributed by atoms with E-state index in [4.69, 9.17) is 4.74 Å². The second kappa shape index (κ2) is 9.51. The van der Waals surface area contributed by atoms with Gasteiger partial charge in [0.05, 0.1) is 6.10 Å². The minimum atomic E-state index is -0.938. The summed E-state index contributed by atoms with van der Waals surface area (Å²) >= 11 is 0. The molecule has 2 aromatic carbocycles. The highest BCUT2D eigenvalue weighted by atomic mass is 19.1. The summed E-state index contributed by atoms with van der Waals surface area (Å²) in [5.41, 5.74) is 2.61. The Morgan fingerprint density at radius 3 is 2.66 bits per heavy atom. The van der Waals surface area contributed by atoms with Crippen molar-refractivity contribution < 1.29 is 24.1 Å². The first kappa shape index (κ1) is 21.5. The highest BCUT2D eigenvalue weighted by Crippen LogP contribution is 2.33. The van der Waals surface area contributed by atoms with E-state index in [2.05, 4.69) is 0 Å². The Balaban J connectivity index is 1.85. The summed E-state index contributed by atoms with van der Waals surface area (Å²) in [6.45, 7) is 3.50. The molecule has 0 radical (unpaired) electrons. The van der Waals surface area contributed by atoms with Gasteiger partial charge in [-0.1, -0.05) is 25.1 Å². The molecule has 2 N–H and O–H groups in total. The van der Waals surface area contributed by atoms with Gasteiger partial charge in [-0.3, -0.25) is 0 Å². The molecule has 4 nitrogen and oxygen atoms in total. The van der Waals surface area contributed by atoms with E-state index in [-0.39, 0.29) is 17.5 Å². The van der Waals surface area contributed by atoms with Crippen molar-refractivity contribution in [2.45, 2.75) is 64.3 Å². The lowest BCUT2D eigenvalue weighted by atomic mass is 9.84. The third-order valence-electron chi connectivity index (χ3n) is 5.70. The van der Waals surface area contributed by atoms with Crippen molar-refractivity contribution in [1.82, 2.24) is 0 Å². The number of Topliss-reactive ketones (excluding diaryl/α,β-unsaturated/α-hetero) is 1. The van der Waals surface area contributed by atoms with E-state index in [1.165, 1.54) is 12.1 Å². The average Bonchev–Trinajstić information content (AvgIpc) is 2.69. The number of ether oxygens (including phenoxy) is 1. The average molecular weight is 400 g/mol. The summed E-state index contributed by atoms with van der Waals surface area (Å²) in [5, 5.41) is 20.5. The molecule has 1 fully saturated rings. The van der Waals surface area contributed by atoms with Crippen molar-refractivity contribution in [1.29, 1.82) is 0 Å². The summed E-state index contributed by atoms with van der Waals surface area (Å²) in [6.07, 6.45) is 1.15. The van der Waals surface area contributed by atoms with Crippen molar-refractivity contribution in [3.8, 4) is 16.9 Å². The maximum Gasteiger partial charge on any atom is 0.129 e. The third-order valence-corrected chi connectivity index (χ3v) is 5.70. The van der Waals surface area contributed by atoms with Crippen LogP contribution in [0.1, 0.15) is 45.1 Å². The topological polar surface area (TPSA) is 66.8 Å². The molecule has 4 unspecified atom stereocenters. The number of benzene rings is 2. The highest BCUT2D eigenvalue weighted by Gasteiger charge is 2.36. The summed E-state index contributed by atoms with van der Waals surface area (Å²) in [4.78, 5) is 11.3. The predicted octanol–water partition coefficient (Wildman–Crippen LogP) is 4.30. The van der Waals surface area contributed by atoms with Crippen molar-refractivity contribution in [3.63, 3.8) is 0 Å². The number of rotatable bonds is 7. The lowest BCUT2D eigenvalue weighted by Crippen LogP contribution is -2.48. The first-order valence-corrected chi connectivity index (χ1v) is 10.3. The van der Waals surface area contributed by atoms with Crippen LogP contribution in [-0.4, -0.2) is 34.3 Å². The fourth-order valence-corrected chi connectivity index (χ4v) is 3.93. The molecule has 1 saturated carbocycles. The van der Waals surface area contributed by atoms with Crippen LogP contribution >= 0.6 is 0 Å². The minimum Gasteiger partial charge on any atom is -0.488 e. The van der Waals surface area contributed by atoms with Crippen LogP contribution in [0.2, 0.25) is 0 Å². The van der Waals surface area contributed by atoms with Gasteiger partial charge in [0.2, 0.25) is 0 Å². The van der Waals surface area contributed by atoms with Crippen molar-refractivity contribution >= 4 is 5.78 Å². The summed E-state index contributed by atoms with van der Waals surface area (Å²) in [6, 6.07) is 12.0. The molecule has 2 aromatic rings. The van der Waals surface area contributed by atoms with Gasteiger partial charge in [0.15, 0.2) is 0 Å². The Morgan fingerprint density at radius 1 is 1.14 bits per heavy atom. The van der Waals surface area contributed by atoms with Crippen LogP contribution in [0, 0.1) is 11.7 Å². The first-order chi connectivity index (χ1) is 13.8. The normalized spacial score (nSPS) is 24.3. The quantitative estimate of drug-likeness (QED) is 0.727. The molecule has 0 aromatic heterocycles. The molecule has 0 bridgehead atoms. The second-order valence-electron chi connectivity index (χ2n) is 8.08. The standard InChI is InChI=1S/C24H29FO4/c1-15-9-12-22(24(28)23(15)27)29-20-11-10-17(6-3-5-16(2)26)21(14-20)18-7-4-8-19(25)13-18/h4,7-8,10-11,13-15,22-24,27-28H,3,5-6,9,12H2,1-2H3. The van der Waals surface area contributed by atoms with E-state index in [1.54, 1.807) is 13.0 Å². The molecule has 0 spiro atoms. The van der Waals surface area contributed by atoms with E-state index < -0.39 is 18.3 Å². The van der Waals surface area contributed by atoms with Crippen LogP contribution in [0.5, 0.6) is 5.75 Å². The molecular weight excluding hydrogens is 371 g/mol. The molecule has 1 aliphatic carbocycles. The fraction of sp³-hybridized carbons (Fsp3) is 0.458. The smallest absolute Gasteiger partial charge is 0.129 e. The van der Waals surface area contributed by atoms with Crippen LogP contribution in [0.15, 0.2) is 42.5 Å². The monoisotopic (exact) mass is 400 g/mol. The number of aliphatic hydroxyl groups is 2. The van der Waals surface area contributed by atoms with E-state index in [0.717, 1.165) is 29.5 Å². The van der Waals surface area contributed by atoms with E-state index in [1.807, 2.05) is 31.2 Å². The number of hydrogen-bond acceptors (Lipinski definition) is 4. The predicted molar refractivity (Wildman–Crippen MR) is 110 cm³/mol. The Hall–Kier alpha value is -2.24. The number of halogens is 1. The van der Waals surface area contributed by atoms with Gasteiger partial charge in [0.1, 0.15) is 29.6 Å². The molecule has 156 valence electrons. The van der Waals surface area contributed by atoms with Gasteiger partial charge in [-0.25, -0.2) is 4.39 Å². The fourth-order valence-electron chi connectivity index (χ4n) is 3.93. The zero-order chi connectivity index (χ0) is 21.0. The first-order valence-electron chi connectivity index (χ1n) is 10.3. The van der Waals surface area contributed by atoms with Gasteiger partial charge < -0.3 is 19.7 Å². The van der Waals surface area contributed by atoms with Crippen LogP contribution in [0.4, 0.5) is 4.39 Å². The molecule has 0 aliphatic heterocycles. The molecule has 29 heavy (non-hydrogen) atoms. The van der Waals surface area contributed by atoms with Crippen LogP contribution in [-0.2, 0) is 11.2 Å². The Kier molecular flexibility index (Phi) is 7.04. The molecule has 3 rings (SSSR count). The van der Waals surface area contributed by atoms with Gasteiger partial charge in [0, 0.05) is 6.42 Å². The van der Waals surface area contributed by atoms with Crippen LogP contribution in [0.3, 0.4) is 0 Å². The molecule has 0 amide bonds. The van der Waals surface area contributed by atoms with Gasteiger partial charge in [-0.05, 0) is 79.5 Å². The maximum atomic E-state index is 13.8. The van der Waals surface area contributed by atoms with Crippen LogP contribution < -0.4 is 4.74 Å². The number of carbonyl (C=O) groups excluding carboxylic acids is 1. The van der Waals surface area contributed by atoms with E-state index >= 15 is 0 Å². The van der Waals surface area contributed by atoms with Gasteiger partial charge >= 0.3 is 0 Å². The Bertz CT molecular complexity index is 851. The number of ketones is 1. The highest BCUT2D eigenvalue weighted by molar-refractivity contribution is 5.75. The number of aliphatic hydroxyl groups excluding tert-OH is 2. The Morgan fingerprint density at radius 2 is 1.93 bits per heavy atom. The van der Waals surface area contributed by atoms with E-state index in [9.17, 15) is 19.4 Å². The second-order valence-corrected chi connectivity index (χ2v) is 8.08. The largest absolute Gasteiger partial charge is 0.488 e. The van der Waals surface area contributed by atoms with Gasteiger partial charge in [-0.2, -0.15) is 0 Å². The van der Waals surface area contributed by atoms with E-state index in [0.29, 0.717) is 25.0 Å². The minimum absolute atomic E-state index is 0.0383. The SMILES string of the molecule is CC(=O)CCCc1ccc(OC2CCC(C)C(O)C2O)cc1-c1cccc(F)c1. The van der Waals surface area contributed by atoms with Gasteiger partial charge in [0.25, 0.3) is 0 Å². The molecule has 1 aliphatic rings. The summed E-state index contributed by atoms with van der Waals surface area (Å²) in [5.74, 6) is 0.446. The molecule has 5 heteroatoms. The third kappa shape index (κ3) is 5.43. The maximum absolute atomic E-state index is 13.8. The molecule has 4 atom stereocenters. The number of carbonyl (C=O) groups is 1. The van der Waals surface area contributed by atoms with Crippen molar-refractivity contribution in [2.75, 3.05) is 0 Å². The zero-order valence-electron chi connectivity index (χ0n) is 17.0. The van der Waals surface area contributed by atoms with Crippen molar-refractivity contribution in [2.24, 2.45) is 5.92 Å². The lowest BCUT2D eigenvalue weighted by Gasteiger charge is -2.36. The molecular formula is C24H29FO4. The molecule has 0 saturated heterocycles. The lowest BCUT2D eigenvalue weighted by molar-refractivity contribution is -0.117. The zero-order valence-corrected chi connectivity index (χ0v) is 17.0.